The molecule has 0 fully saturated rings. The number of allylic oxidation sites excluding steroid dienone is 1. The number of aromatic nitrogens is 2. The van der Waals surface area contributed by atoms with Crippen LogP contribution in [0.5, 0.6) is 0 Å². The summed E-state index contributed by atoms with van der Waals surface area (Å²) < 4.78 is 1.62. The molecule has 0 unspecified atom stereocenters. The quantitative estimate of drug-likeness (QED) is 0.563. The largest absolute Gasteiger partial charge is 0.275 e. The normalized spacial score (nSPS) is 12.1. The van der Waals surface area contributed by atoms with E-state index in [4.69, 9.17) is 0 Å². The van der Waals surface area contributed by atoms with Gasteiger partial charge in [0.1, 0.15) is 0 Å². The van der Waals surface area contributed by atoms with Gasteiger partial charge in [0.25, 0.3) is 0 Å². The van der Waals surface area contributed by atoms with E-state index in [1.807, 2.05) is 13.8 Å². The van der Waals surface area contributed by atoms with Crippen LogP contribution in [-0.2, 0) is 7.05 Å². The Bertz CT molecular complexity index is 380. The van der Waals surface area contributed by atoms with E-state index >= 15 is 0 Å². The van der Waals surface area contributed by atoms with Crippen molar-refractivity contribution in [2.75, 3.05) is 0 Å². The summed E-state index contributed by atoms with van der Waals surface area (Å²) in [6, 6.07) is 0. The lowest BCUT2D eigenvalue weighted by Crippen LogP contribution is -2.02. The molecule has 0 aromatic carbocycles. The Morgan fingerprint density at radius 2 is 2.40 bits per heavy atom. The molecule has 0 spiro atoms. The first-order valence-corrected chi connectivity index (χ1v) is 4.82. The third-order valence-corrected chi connectivity index (χ3v) is 1.91. The lowest BCUT2D eigenvalue weighted by atomic mass is 10.1. The zero-order chi connectivity index (χ0) is 11.4. The molecule has 0 aliphatic carbocycles. The standard InChI is InChI=1S/C10H15N3O2/c1-8(2)4-10(13(14)15)5-9-6-11-12(3)7-9/h5-8H,4H2,1-3H3. The highest BCUT2D eigenvalue weighted by Gasteiger charge is 2.13. The topological polar surface area (TPSA) is 61.0 Å². The summed E-state index contributed by atoms with van der Waals surface area (Å²) in [7, 11) is 1.78. The molecule has 5 nitrogen and oxygen atoms in total. The van der Waals surface area contributed by atoms with Gasteiger partial charge in [0.05, 0.1) is 11.1 Å². The minimum absolute atomic E-state index is 0.234. The Kier molecular flexibility index (Phi) is 3.60. The molecule has 1 rings (SSSR count). The van der Waals surface area contributed by atoms with Crippen LogP contribution in [0.3, 0.4) is 0 Å². The highest BCUT2D eigenvalue weighted by molar-refractivity contribution is 5.48. The molecule has 0 saturated heterocycles. The molecule has 15 heavy (non-hydrogen) atoms. The minimum Gasteiger partial charge on any atom is -0.275 e. The minimum atomic E-state index is -0.326. The van der Waals surface area contributed by atoms with Crippen LogP contribution in [0.25, 0.3) is 6.08 Å². The van der Waals surface area contributed by atoms with E-state index < -0.39 is 0 Å². The fourth-order valence-corrected chi connectivity index (χ4v) is 1.31. The highest BCUT2D eigenvalue weighted by Crippen LogP contribution is 2.14. The van der Waals surface area contributed by atoms with Crippen LogP contribution in [0.4, 0.5) is 0 Å². The van der Waals surface area contributed by atoms with E-state index in [2.05, 4.69) is 5.10 Å². The third-order valence-electron chi connectivity index (χ3n) is 1.91. The van der Waals surface area contributed by atoms with Crippen molar-refractivity contribution >= 4 is 6.08 Å². The Balaban J connectivity index is 2.88. The second-order valence-corrected chi connectivity index (χ2v) is 3.94. The molecule has 0 aliphatic heterocycles. The van der Waals surface area contributed by atoms with Gasteiger partial charge in [-0.2, -0.15) is 5.10 Å². The summed E-state index contributed by atoms with van der Waals surface area (Å²) in [6.07, 6.45) is 5.42. The monoisotopic (exact) mass is 209 g/mol. The number of rotatable bonds is 4. The van der Waals surface area contributed by atoms with Crippen LogP contribution in [0.2, 0.25) is 0 Å². The molecule has 1 aromatic rings. The lowest BCUT2D eigenvalue weighted by Gasteiger charge is -2.00. The van der Waals surface area contributed by atoms with Crippen molar-refractivity contribution in [3.63, 3.8) is 0 Å². The summed E-state index contributed by atoms with van der Waals surface area (Å²) in [5.74, 6) is 0.276. The highest BCUT2D eigenvalue weighted by atomic mass is 16.6. The molecule has 0 amide bonds. The van der Waals surface area contributed by atoms with Crippen LogP contribution in [0.15, 0.2) is 18.1 Å². The Morgan fingerprint density at radius 1 is 1.73 bits per heavy atom. The van der Waals surface area contributed by atoms with E-state index in [1.165, 1.54) is 0 Å². The van der Waals surface area contributed by atoms with Crippen LogP contribution < -0.4 is 0 Å². The summed E-state index contributed by atoms with van der Waals surface area (Å²) in [5.41, 5.74) is 1.00. The van der Waals surface area contributed by atoms with Crippen molar-refractivity contribution < 1.29 is 4.92 Å². The first kappa shape index (κ1) is 11.4. The molecular formula is C10H15N3O2. The molecule has 0 aliphatic rings. The van der Waals surface area contributed by atoms with Gasteiger partial charge in [0.15, 0.2) is 0 Å². The second-order valence-electron chi connectivity index (χ2n) is 3.94. The van der Waals surface area contributed by atoms with Crippen molar-refractivity contribution in [1.82, 2.24) is 9.78 Å². The van der Waals surface area contributed by atoms with Crippen molar-refractivity contribution in [3.05, 3.63) is 33.8 Å². The molecule has 5 heteroatoms. The molecular weight excluding hydrogens is 194 g/mol. The molecule has 0 atom stereocenters. The van der Waals surface area contributed by atoms with Crippen molar-refractivity contribution in [3.8, 4) is 0 Å². The van der Waals surface area contributed by atoms with Crippen molar-refractivity contribution in [2.24, 2.45) is 13.0 Å². The number of nitrogens with zero attached hydrogens (tertiary/aromatic N) is 3. The first-order valence-electron chi connectivity index (χ1n) is 4.82. The first-order chi connectivity index (χ1) is 6.99. The van der Waals surface area contributed by atoms with E-state index in [9.17, 15) is 10.1 Å². The maximum absolute atomic E-state index is 10.8. The average molecular weight is 209 g/mol. The van der Waals surface area contributed by atoms with Gasteiger partial charge in [-0.1, -0.05) is 13.8 Å². The van der Waals surface area contributed by atoms with Crippen LogP contribution >= 0.6 is 0 Å². The summed E-state index contributed by atoms with van der Waals surface area (Å²) >= 11 is 0. The second kappa shape index (κ2) is 4.72. The SMILES string of the molecule is CC(C)CC(=Cc1cnn(C)c1)[N+](=O)[O-]. The van der Waals surface area contributed by atoms with Gasteiger partial charge in [-0.15, -0.1) is 0 Å². The Hall–Kier alpha value is -1.65. The van der Waals surface area contributed by atoms with Crippen molar-refractivity contribution in [1.29, 1.82) is 0 Å². The maximum Gasteiger partial charge on any atom is 0.247 e. The molecule has 82 valence electrons. The fraction of sp³-hybridized carbons (Fsp3) is 0.500. The predicted molar refractivity (Wildman–Crippen MR) is 57.6 cm³/mol. The summed E-state index contributed by atoms with van der Waals surface area (Å²) in [6.45, 7) is 3.92. The van der Waals surface area contributed by atoms with E-state index in [-0.39, 0.29) is 16.5 Å². The molecule has 0 N–H and O–H groups in total. The molecule has 1 aromatic heterocycles. The average Bonchev–Trinajstić information content (AvgIpc) is 2.49. The van der Waals surface area contributed by atoms with E-state index in [0.29, 0.717) is 6.42 Å². The lowest BCUT2D eigenvalue weighted by molar-refractivity contribution is -0.427. The number of aryl methyl sites for hydroxylation is 1. The van der Waals surface area contributed by atoms with Crippen molar-refractivity contribution in [2.45, 2.75) is 20.3 Å². The Labute approximate surface area is 88.6 Å². The van der Waals surface area contributed by atoms with Gasteiger partial charge in [-0.25, -0.2) is 0 Å². The summed E-state index contributed by atoms with van der Waals surface area (Å²) in [4.78, 5) is 10.4. The van der Waals surface area contributed by atoms with Gasteiger partial charge < -0.3 is 0 Å². The third kappa shape index (κ3) is 3.53. The maximum atomic E-state index is 10.8. The molecule has 0 radical (unpaired) electrons. The van der Waals surface area contributed by atoms with Crippen LogP contribution in [0.1, 0.15) is 25.8 Å². The summed E-state index contributed by atoms with van der Waals surface area (Å²) in [5, 5.41) is 14.7. The Morgan fingerprint density at radius 3 is 2.80 bits per heavy atom. The van der Waals surface area contributed by atoms with E-state index in [0.717, 1.165) is 5.56 Å². The van der Waals surface area contributed by atoms with Gasteiger partial charge in [0, 0.05) is 31.3 Å². The van der Waals surface area contributed by atoms with Gasteiger partial charge in [0.2, 0.25) is 5.70 Å². The number of hydrogen-bond donors (Lipinski definition) is 0. The molecule has 1 heterocycles. The van der Waals surface area contributed by atoms with Gasteiger partial charge in [-0.3, -0.25) is 14.8 Å². The van der Waals surface area contributed by atoms with E-state index in [1.54, 1.807) is 30.2 Å². The van der Waals surface area contributed by atoms with Gasteiger partial charge in [-0.05, 0) is 5.92 Å². The molecule has 0 bridgehead atoms. The molecule has 0 saturated carbocycles. The zero-order valence-corrected chi connectivity index (χ0v) is 9.17. The van der Waals surface area contributed by atoms with Crippen LogP contribution in [0, 0.1) is 16.0 Å². The van der Waals surface area contributed by atoms with Gasteiger partial charge >= 0.3 is 0 Å². The zero-order valence-electron chi connectivity index (χ0n) is 9.17. The smallest absolute Gasteiger partial charge is 0.247 e. The fourth-order valence-electron chi connectivity index (χ4n) is 1.31. The number of nitro groups is 1. The number of hydrogen-bond acceptors (Lipinski definition) is 3. The predicted octanol–water partition coefficient (Wildman–Crippen LogP) is 2.08. The van der Waals surface area contributed by atoms with Crippen LogP contribution in [-0.4, -0.2) is 14.7 Å².